The first-order valence-electron chi connectivity index (χ1n) is 20.0. The molecule has 342 valence electrons. The van der Waals surface area contributed by atoms with Crippen LogP contribution in [0.25, 0.3) is 0 Å². The van der Waals surface area contributed by atoms with Crippen LogP contribution in [0, 0.1) is 0 Å². The van der Waals surface area contributed by atoms with Gasteiger partial charge in [0.25, 0.3) is 5.56 Å². The molecule has 24 heteroatoms. The summed E-state index contributed by atoms with van der Waals surface area (Å²) in [7, 11) is -2.95. The first-order chi connectivity index (χ1) is 28.3. The molecule has 0 unspecified atom stereocenters. The number of aromatic amines is 1. The lowest BCUT2D eigenvalue weighted by molar-refractivity contribution is -0.230. The highest BCUT2D eigenvalue weighted by Crippen LogP contribution is 2.37. The summed E-state index contributed by atoms with van der Waals surface area (Å²) in [6.07, 6.45) is -9.36. The van der Waals surface area contributed by atoms with E-state index in [2.05, 4.69) is 11.1 Å². The molecule has 3 fully saturated rings. The quantitative estimate of drug-likeness (QED) is 0.0341. The molecule has 60 heavy (non-hydrogen) atoms. The monoisotopic (exact) mass is 881 g/mol. The van der Waals surface area contributed by atoms with Crippen LogP contribution in [0.4, 0.5) is 0 Å². The molecule has 3 saturated heterocycles. The third-order valence-corrected chi connectivity index (χ3v) is 11.4. The Kier molecular flexibility index (Phi) is 18.1. The number of unbranched alkanes of at least 4 members (excludes halogenated alkanes) is 8. The Morgan fingerprint density at radius 1 is 0.983 bits per heavy atom. The van der Waals surface area contributed by atoms with Gasteiger partial charge < -0.3 is 55.1 Å². The van der Waals surface area contributed by atoms with Gasteiger partial charge in [0.1, 0.15) is 48.8 Å². The predicted molar refractivity (Wildman–Crippen MR) is 205 cm³/mol. The number of carboxylic acid groups (broad SMARTS) is 1. The maximum absolute atomic E-state index is 14.4. The smallest absolute Gasteiger partial charge is 0.397 e. The summed E-state index contributed by atoms with van der Waals surface area (Å²) in [5, 5.41) is 54.3. The van der Waals surface area contributed by atoms with Gasteiger partial charge in [-0.25, -0.2) is 13.8 Å². The number of ether oxygens (including phenoxy) is 4. The van der Waals surface area contributed by atoms with Crippen molar-refractivity contribution in [3.63, 3.8) is 0 Å². The molecule has 23 nitrogen and oxygen atoms in total. The maximum atomic E-state index is 14.4. The maximum Gasteiger partial charge on any atom is 0.397 e. The number of amides is 1. The molecule has 4 heterocycles. The first-order valence-corrected chi connectivity index (χ1v) is 21.4. The molecule has 0 radical (unpaired) electrons. The zero-order chi connectivity index (χ0) is 44.5. The number of aliphatic hydroxyl groups excluding tert-OH is 4. The molecule has 3 aliphatic rings. The predicted octanol–water partition coefficient (Wildman–Crippen LogP) is -2.42. The van der Waals surface area contributed by atoms with Crippen LogP contribution in [-0.4, -0.2) is 176 Å². The number of hydrogen-bond acceptors (Lipinski definition) is 18. The highest BCUT2D eigenvalue weighted by Gasteiger charge is 2.58. The Morgan fingerprint density at radius 3 is 2.20 bits per heavy atom. The molecule has 0 spiro atoms. The van der Waals surface area contributed by atoms with E-state index >= 15 is 0 Å². The van der Waals surface area contributed by atoms with E-state index in [1.807, 2.05) is 4.98 Å². The van der Waals surface area contributed by atoms with Crippen molar-refractivity contribution in [2.45, 2.75) is 157 Å². The number of carbonyl (C=O) groups is 3. The lowest BCUT2D eigenvalue weighted by Crippen LogP contribution is -2.60. The van der Waals surface area contributed by atoms with Gasteiger partial charge in [-0.1, -0.05) is 64.7 Å². The highest BCUT2D eigenvalue weighted by atomic mass is 32.3. The third kappa shape index (κ3) is 12.6. The molecule has 0 aliphatic carbocycles. The summed E-state index contributed by atoms with van der Waals surface area (Å²) >= 11 is 0. The van der Waals surface area contributed by atoms with Gasteiger partial charge in [0.15, 0.2) is 24.7 Å². The molecule has 0 bridgehead atoms. The van der Waals surface area contributed by atoms with Crippen LogP contribution in [-0.2, 0) is 47.9 Å². The van der Waals surface area contributed by atoms with Gasteiger partial charge in [0.05, 0.1) is 12.5 Å². The summed E-state index contributed by atoms with van der Waals surface area (Å²) in [5.41, 5.74) is 3.81. The molecule has 1 aromatic rings. The first kappa shape index (κ1) is 49.3. The van der Waals surface area contributed by atoms with E-state index in [4.69, 9.17) is 24.7 Å². The van der Waals surface area contributed by atoms with Gasteiger partial charge in [0.2, 0.25) is 5.91 Å². The van der Waals surface area contributed by atoms with E-state index in [1.165, 1.54) is 37.6 Å². The lowest BCUT2D eigenvalue weighted by Gasteiger charge is -2.38. The largest absolute Gasteiger partial charge is 0.480 e. The zero-order valence-corrected chi connectivity index (χ0v) is 34.6. The molecule has 1 aromatic heterocycles. The van der Waals surface area contributed by atoms with Gasteiger partial charge in [-0.2, -0.15) is 8.42 Å². The average molecular weight is 882 g/mol. The Hall–Kier alpha value is -3.40. The average Bonchev–Trinajstić information content (AvgIpc) is 3.58. The second kappa shape index (κ2) is 22.1. The highest BCUT2D eigenvalue weighted by molar-refractivity contribution is 7.80. The number of carbonyl (C=O) groups excluding carboxylic acids is 2. The fourth-order valence-electron chi connectivity index (χ4n) is 7.85. The SMILES string of the molecule is CCCCCCCCCCC[C@H](O)CC(=O)O[C@H]1CN(C)[C@@H]([C@H](O[C@@H]2O[C@H](CN)[C@@H](O)[C@H]2OS(=O)(=O)O)[C@H]2O[C@@H](n3ccc(=O)[nH]c3=O)[C@H](O)[C@@H]2O)C(=O)N(C)[C@@H]1C(=O)O. The number of rotatable bonds is 22. The number of hydrogen-bond donors (Lipinski definition) is 8. The molecular formula is C36H59N5O18S. The van der Waals surface area contributed by atoms with E-state index in [9.17, 15) is 62.5 Å². The summed E-state index contributed by atoms with van der Waals surface area (Å²) in [4.78, 5) is 68.6. The summed E-state index contributed by atoms with van der Waals surface area (Å²) < 4.78 is 61.7. The molecule has 13 atom stereocenters. The Bertz CT molecular complexity index is 1810. The fraction of sp³-hybridized carbons (Fsp3) is 0.806. The van der Waals surface area contributed by atoms with E-state index in [-0.39, 0.29) is 0 Å². The van der Waals surface area contributed by atoms with E-state index in [1.54, 1.807) is 0 Å². The van der Waals surface area contributed by atoms with E-state index in [0.717, 1.165) is 54.5 Å². The van der Waals surface area contributed by atoms with Crippen LogP contribution in [0.15, 0.2) is 21.9 Å². The molecule has 4 rings (SSSR count). The van der Waals surface area contributed by atoms with Crippen LogP contribution in [0.2, 0.25) is 0 Å². The van der Waals surface area contributed by atoms with Crippen LogP contribution in [0.3, 0.4) is 0 Å². The molecule has 3 aliphatic heterocycles. The van der Waals surface area contributed by atoms with Crippen molar-refractivity contribution in [2.24, 2.45) is 5.73 Å². The van der Waals surface area contributed by atoms with Crippen LogP contribution >= 0.6 is 0 Å². The second-order valence-corrected chi connectivity index (χ2v) is 16.5. The van der Waals surface area contributed by atoms with Gasteiger partial charge in [-0.05, 0) is 13.5 Å². The number of carboxylic acids is 1. The molecular weight excluding hydrogens is 822 g/mol. The Labute approximate surface area is 346 Å². The second-order valence-electron chi connectivity index (χ2n) is 15.5. The van der Waals surface area contributed by atoms with Gasteiger partial charge in [-0.3, -0.25) is 33.4 Å². The van der Waals surface area contributed by atoms with Crippen molar-refractivity contribution >= 4 is 28.2 Å². The summed E-state index contributed by atoms with van der Waals surface area (Å²) in [6, 6.07) is -2.69. The van der Waals surface area contributed by atoms with Crippen LogP contribution < -0.4 is 17.0 Å². The van der Waals surface area contributed by atoms with Crippen LogP contribution in [0.5, 0.6) is 0 Å². The number of nitrogens with two attached hydrogens (primary N) is 1. The Morgan fingerprint density at radius 2 is 1.62 bits per heavy atom. The van der Waals surface area contributed by atoms with Crippen LogP contribution in [0.1, 0.15) is 83.8 Å². The topological polar surface area (TPSA) is 340 Å². The van der Waals surface area contributed by atoms with Crippen molar-refractivity contribution in [3.8, 4) is 0 Å². The van der Waals surface area contributed by atoms with Crippen molar-refractivity contribution in [1.29, 1.82) is 0 Å². The molecule has 1 amide bonds. The molecule has 9 N–H and O–H groups in total. The van der Waals surface area contributed by atoms with Crippen molar-refractivity contribution in [3.05, 3.63) is 33.1 Å². The van der Waals surface area contributed by atoms with Crippen molar-refractivity contribution in [2.75, 3.05) is 27.2 Å². The van der Waals surface area contributed by atoms with Crippen molar-refractivity contribution in [1.82, 2.24) is 19.4 Å². The minimum Gasteiger partial charge on any atom is -0.480 e. The van der Waals surface area contributed by atoms with Gasteiger partial charge in [0, 0.05) is 32.4 Å². The lowest BCUT2D eigenvalue weighted by atomic mass is 9.97. The van der Waals surface area contributed by atoms with Gasteiger partial charge in [-0.15, -0.1) is 0 Å². The summed E-state index contributed by atoms with van der Waals surface area (Å²) in [6.45, 7) is 1.19. The summed E-state index contributed by atoms with van der Waals surface area (Å²) in [5.74, 6) is -3.60. The van der Waals surface area contributed by atoms with E-state index in [0.29, 0.717) is 12.8 Å². The van der Waals surface area contributed by atoms with Crippen molar-refractivity contribution < 1.29 is 76.0 Å². The number of likely N-dealkylation sites (N-methyl/N-ethyl adjacent to an activating group) is 2. The number of aliphatic carboxylic acids is 1. The minimum absolute atomic E-state index is 0.296. The van der Waals surface area contributed by atoms with Gasteiger partial charge >= 0.3 is 28.0 Å². The minimum atomic E-state index is -5.32. The van der Waals surface area contributed by atoms with E-state index < -0.39 is 139 Å². The number of esters is 1. The normalized spacial score (nSPS) is 31.2. The number of nitrogens with zero attached hydrogens (tertiary/aromatic N) is 3. The number of aromatic nitrogens is 2. The molecule has 0 aromatic carbocycles. The standard InChI is InChI=1S/C36H59N5O18S/c1-4-5-6-7-8-9-10-11-12-13-19(42)16-23(44)55-21-18-39(2)25(32(48)40(3)24(21)34(49)50)29(58-35-31(59-60(52,53)54)26(45)20(17-37)56-35)30-27(46)28(47)33(57-30)41-15-14-22(43)38-36(41)51/h14-15,19-21,24-31,33,35,42,45-47H,4-13,16-18,37H2,1-3H3,(H,49,50)(H,38,43,51)(H,52,53,54)/t19-,20+,21-,24-,25-,26+,27-,28+,29-,30-,31+,33+,35-/m0/s1. The number of H-pyrrole nitrogens is 1. The fourth-order valence-corrected chi connectivity index (χ4v) is 8.34. The zero-order valence-electron chi connectivity index (χ0n) is 33.8. The number of aliphatic hydroxyl groups is 4. The third-order valence-electron chi connectivity index (χ3n) is 11.0. The Balaban J connectivity index is 1.60. The number of nitrogens with one attached hydrogen (secondary N) is 1. The molecule has 0 saturated carbocycles.